The van der Waals surface area contributed by atoms with Crippen LogP contribution >= 0.6 is 0 Å². The normalized spacial score (nSPS) is 16.9. The quantitative estimate of drug-likeness (QED) is 0.890. The molecule has 1 aromatic carbocycles. The summed E-state index contributed by atoms with van der Waals surface area (Å²) in [6.07, 6.45) is 2.21. The van der Waals surface area contributed by atoms with E-state index >= 15 is 0 Å². The fourth-order valence-electron chi connectivity index (χ4n) is 2.16. The molecule has 1 fully saturated rings. The van der Waals surface area contributed by atoms with Gasteiger partial charge in [-0.25, -0.2) is 21.9 Å². The maximum absolute atomic E-state index is 13.4. The summed E-state index contributed by atoms with van der Waals surface area (Å²) in [5.41, 5.74) is 0. The molecule has 0 unspecified atom stereocenters. The second kappa shape index (κ2) is 5.94. The molecule has 1 N–H and O–H groups in total. The number of hydrogen-bond donors (Lipinski definition) is 1. The van der Waals surface area contributed by atoms with Crippen LogP contribution < -0.4 is 4.72 Å². The summed E-state index contributed by atoms with van der Waals surface area (Å²) in [4.78, 5) is 1.21. The van der Waals surface area contributed by atoms with Crippen LogP contribution in [0.25, 0.3) is 0 Å². The molecule has 1 aromatic rings. The lowest BCUT2D eigenvalue weighted by atomic mass is 10.3. The molecule has 0 radical (unpaired) electrons. The van der Waals surface area contributed by atoms with E-state index in [1.165, 1.54) is 0 Å². The Bertz CT molecular complexity index is 522. The molecule has 1 aliphatic heterocycles. The minimum atomic E-state index is -4.14. The highest BCUT2D eigenvalue weighted by Gasteiger charge is 2.23. The van der Waals surface area contributed by atoms with Crippen LogP contribution in [-0.2, 0) is 10.0 Å². The Morgan fingerprint density at radius 1 is 1.16 bits per heavy atom. The van der Waals surface area contributed by atoms with E-state index in [1.54, 1.807) is 0 Å². The van der Waals surface area contributed by atoms with Crippen LogP contribution in [0, 0.1) is 11.6 Å². The van der Waals surface area contributed by atoms with Crippen LogP contribution in [0.2, 0.25) is 0 Å². The van der Waals surface area contributed by atoms with E-state index in [1.807, 2.05) is 0 Å². The SMILES string of the molecule is O=S(=O)(NCCN1CCCC1)c1c(F)cccc1F. The van der Waals surface area contributed by atoms with Gasteiger partial charge in [0.1, 0.15) is 11.6 Å². The van der Waals surface area contributed by atoms with E-state index in [2.05, 4.69) is 9.62 Å². The van der Waals surface area contributed by atoms with Gasteiger partial charge >= 0.3 is 0 Å². The Morgan fingerprint density at radius 3 is 2.32 bits per heavy atom. The zero-order valence-electron chi connectivity index (χ0n) is 10.4. The number of benzene rings is 1. The lowest BCUT2D eigenvalue weighted by Crippen LogP contribution is -2.34. The van der Waals surface area contributed by atoms with Crippen LogP contribution in [0.1, 0.15) is 12.8 Å². The molecule has 0 aromatic heterocycles. The average Bonchev–Trinajstić information content (AvgIpc) is 2.81. The standard InChI is InChI=1S/C12H16F2N2O2S/c13-10-4-3-5-11(14)12(10)19(17,18)15-6-9-16-7-1-2-8-16/h3-5,15H,1-2,6-9H2. The van der Waals surface area contributed by atoms with Gasteiger partial charge in [0, 0.05) is 13.1 Å². The van der Waals surface area contributed by atoms with Crippen LogP contribution in [0.4, 0.5) is 8.78 Å². The zero-order valence-corrected chi connectivity index (χ0v) is 11.2. The second-order valence-electron chi connectivity index (χ2n) is 4.50. The molecule has 0 atom stereocenters. The molecule has 19 heavy (non-hydrogen) atoms. The third-order valence-electron chi connectivity index (χ3n) is 3.11. The predicted molar refractivity (Wildman–Crippen MR) is 67.2 cm³/mol. The van der Waals surface area contributed by atoms with Crippen molar-refractivity contribution in [1.29, 1.82) is 0 Å². The number of sulfonamides is 1. The molecule has 0 aliphatic carbocycles. The molecule has 1 heterocycles. The molecule has 7 heteroatoms. The van der Waals surface area contributed by atoms with E-state index in [4.69, 9.17) is 0 Å². The molecule has 106 valence electrons. The van der Waals surface area contributed by atoms with Crippen molar-refractivity contribution >= 4 is 10.0 Å². The number of rotatable bonds is 5. The maximum atomic E-state index is 13.4. The topological polar surface area (TPSA) is 49.4 Å². The summed E-state index contributed by atoms with van der Waals surface area (Å²) < 4.78 is 52.7. The van der Waals surface area contributed by atoms with E-state index in [-0.39, 0.29) is 6.54 Å². The van der Waals surface area contributed by atoms with Crippen molar-refractivity contribution in [1.82, 2.24) is 9.62 Å². The van der Waals surface area contributed by atoms with Crippen LogP contribution in [0.3, 0.4) is 0 Å². The van der Waals surface area contributed by atoms with E-state index in [0.29, 0.717) is 6.54 Å². The minimum Gasteiger partial charge on any atom is -0.302 e. The van der Waals surface area contributed by atoms with Gasteiger partial charge < -0.3 is 4.90 Å². The molecule has 0 amide bonds. The predicted octanol–water partition coefficient (Wildman–Crippen LogP) is 1.34. The Labute approximate surface area is 111 Å². The molecule has 0 spiro atoms. The third kappa shape index (κ3) is 3.49. The van der Waals surface area contributed by atoms with Gasteiger partial charge in [0.25, 0.3) is 0 Å². The fraction of sp³-hybridized carbons (Fsp3) is 0.500. The van der Waals surface area contributed by atoms with Crippen molar-refractivity contribution in [3.63, 3.8) is 0 Å². The average molecular weight is 290 g/mol. The number of nitrogens with zero attached hydrogens (tertiary/aromatic N) is 1. The van der Waals surface area contributed by atoms with Crippen LogP contribution in [-0.4, -0.2) is 39.5 Å². The number of halogens is 2. The Hall–Kier alpha value is -1.05. The van der Waals surface area contributed by atoms with Gasteiger partial charge in [-0.2, -0.15) is 0 Å². The molecular formula is C12H16F2N2O2S. The van der Waals surface area contributed by atoms with Crippen molar-refractivity contribution < 1.29 is 17.2 Å². The highest BCUT2D eigenvalue weighted by Crippen LogP contribution is 2.17. The first-order valence-corrected chi connectivity index (χ1v) is 7.65. The molecule has 0 saturated carbocycles. The summed E-state index contributed by atoms with van der Waals surface area (Å²) in [6, 6.07) is 2.99. The van der Waals surface area contributed by atoms with Gasteiger partial charge in [-0.15, -0.1) is 0 Å². The largest absolute Gasteiger partial charge is 0.302 e. The van der Waals surface area contributed by atoms with Crippen LogP contribution in [0.5, 0.6) is 0 Å². The molecule has 1 saturated heterocycles. The number of likely N-dealkylation sites (tertiary alicyclic amines) is 1. The third-order valence-corrected chi connectivity index (χ3v) is 4.62. The molecule has 1 aliphatic rings. The summed E-state index contributed by atoms with van der Waals surface area (Å²) in [6.45, 7) is 2.58. The molecule has 4 nitrogen and oxygen atoms in total. The summed E-state index contributed by atoms with van der Waals surface area (Å²) >= 11 is 0. The highest BCUT2D eigenvalue weighted by atomic mass is 32.2. The second-order valence-corrected chi connectivity index (χ2v) is 6.20. The first-order chi connectivity index (χ1) is 9.00. The van der Waals surface area contributed by atoms with E-state index < -0.39 is 26.6 Å². The van der Waals surface area contributed by atoms with Gasteiger partial charge in [-0.05, 0) is 38.1 Å². The Morgan fingerprint density at radius 2 is 1.74 bits per heavy atom. The lowest BCUT2D eigenvalue weighted by Gasteiger charge is -2.15. The zero-order chi connectivity index (χ0) is 13.9. The highest BCUT2D eigenvalue weighted by molar-refractivity contribution is 7.89. The van der Waals surface area contributed by atoms with Crippen molar-refractivity contribution in [2.75, 3.05) is 26.2 Å². The lowest BCUT2D eigenvalue weighted by molar-refractivity contribution is 0.344. The van der Waals surface area contributed by atoms with E-state index in [9.17, 15) is 17.2 Å². The summed E-state index contributed by atoms with van der Waals surface area (Å²) in [7, 11) is -4.14. The monoisotopic (exact) mass is 290 g/mol. The summed E-state index contributed by atoms with van der Waals surface area (Å²) in [5, 5.41) is 0. The van der Waals surface area contributed by atoms with Gasteiger partial charge in [0.05, 0.1) is 0 Å². The number of hydrogen-bond acceptors (Lipinski definition) is 3. The van der Waals surface area contributed by atoms with Gasteiger partial charge in [-0.3, -0.25) is 0 Å². The Kier molecular flexibility index (Phi) is 4.49. The van der Waals surface area contributed by atoms with Gasteiger partial charge in [0.15, 0.2) is 4.90 Å². The fourth-order valence-corrected chi connectivity index (χ4v) is 3.31. The van der Waals surface area contributed by atoms with Gasteiger partial charge in [-0.1, -0.05) is 6.07 Å². The first kappa shape index (κ1) is 14.4. The van der Waals surface area contributed by atoms with Gasteiger partial charge in [0.2, 0.25) is 10.0 Å². The molecule has 0 bridgehead atoms. The van der Waals surface area contributed by atoms with Crippen molar-refractivity contribution in [2.45, 2.75) is 17.7 Å². The molecular weight excluding hydrogens is 274 g/mol. The Balaban J connectivity index is 2.01. The maximum Gasteiger partial charge on any atom is 0.246 e. The van der Waals surface area contributed by atoms with Crippen molar-refractivity contribution in [3.05, 3.63) is 29.8 Å². The van der Waals surface area contributed by atoms with Crippen molar-refractivity contribution in [2.24, 2.45) is 0 Å². The smallest absolute Gasteiger partial charge is 0.246 e. The van der Waals surface area contributed by atoms with Crippen LogP contribution in [0.15, 0.2) is 23.1 Å². The minimum absolute atomic E-state index is 0.149. The molecule has 2 rings (SSSR count). The first-order valence-electron chi connectivity index (χ1n) is 6.17. The number of nitrogens with one attached hydrogen (secondary N) is 1. The van der Waals surface area contributed by atoms with E-state index in [0.717, 1.165) is 44.1 Å². The summed E-state index contributed by atoms with van der Waals surface area (Å²) in [5.74, 6) is -2.15. The van der Waals surface area contributed by atoms with Crippen molar-refractivity contribution in [3.8, 4) is 0 Å².